The maximum atomic E-state index is 13.9. The van der Waals surface area contributed by atoms with E-state index in [-0.39, 0.29) is 24.2 Å². The number of halogens is 1. The maximum Gasteiger partial charge on any atom is 0.243 e. The van der Waals surface area contributed by atoms with Gasteiger partial charge < -0.3 is 10.3 Å². The summed E-state index contributed by atoms with van der Waals surface area (Å²) in [5.41, 5.74) is 5.91. The Morgan fingerprint density at radius 2 is 2.10 bits per heavy atom. The van der Waals surface area contributed by atoms with Gasteiger partial charge in [-0.25, -0.2) is 17.5 Å². The van der Waals surface area contributed by atoms with Crippen LogP contribution < -0.4 is 10.5 Å². The van der Waals surface area contributed by atoms with Crippen molar-refractivity contribution in [1.82, 2.24) is 14.9 Å². The zero-order valence-electron chi connectivity index (χ0n) is 11.6. The van der Waals surface area contributed by atoms with Gasteiger partial charge in [-0.05, 0) is 24.6 Å². The highest BCUT2D eigenvalue weighted by Gasteiger charge is 2.21. The fraction of sp³-hybridized carbons (Fsp3) is 0.333. The van der Waals surface area contributed by atoms with E-state index in [2.05, 4.69) is 14.9 Å². The van der Waals surface area contributed by atoms with E-state index >= 15 is 0 Å². The largest absolute Gasteiger partial charge is 0.399 e. The average molecular weight is 314 g/mol. The van der Waals surface area contributed by atoms with Crippen LogP contribution in [-0.2, 0) is 16.4 Å². The zero-order valence-corrected chi connectivity index (χ0v) is 12.4. The van der Waals surface area contributed by atoms with E-state index in [1.165, 1.54) is 13.0 Å². The quantitative estimate of drug-likeness (QED) is 0.794. The predicted octanol–water partition coefficient (Wildman–Crippen LogP) is 0.929. The van der Waals surface area contributed by atoms with Gasteiger partial charge in [-0.3, -0.25) is 0 Å². The first-order valence-electron chi connectivity index (χ1n) is 6.14. The monoisotopic (exact) mass is 314 g/mol. The standard InChI is InChI=1S/C12H15FN4O3S/c1-7-5-9(14)6-10(12(7)13)21(18,19)15-4-3-11-16-8(2)20-17-11/h5-6,15H,3-4,14H2,1-2H3. The number of aromatic nitrogens is 2. The molecule has 7 nitrogen and oxygen atoms in total. The molecule has 1 aromatic heterocycles. The van der Waals surface area contributed by atoms with Crippen LogP contribution in [0.2, 0.25) is 0 Å². The molecule has 2 rings (SSSR count). The average Bonchev–Trinajstić information content (AvgIpc) is 2.79. The summed E-state index contributed by atoms with van der Waals surface area (Å²) < 4.78 is 45.1. The zero-order chi connectivity index (χ0) is 15.6. The summed E-state index contributed by atoms with van der Waals surface area (Å²) in [7, 11) is -3.99. The van der Waals surface area contributed by atoms with Gasteiger partial charge in [0.2, 0.25) is 15.9 Å². The Bertz CT molecular complexity index is 758. The SMILES string of the molecule is Cc1nc(CCNS(=O)(=O)c2cc(N)cc(C)c2F)no1. The van der Waals surface area contributed by atoms with Gasteiger partial charge in [0, 0.05) is 25.6 Å². The summed E-state index contributed by atoms with van der Waals surface area (Å²) in [6.45, 7) is 3.10. The first kappa shape index (κ1) is 15.4. The molecule has 0 unspecified atom stereocenters. The molecule has 0 aliphatic heterocycles. The molecule has 0 radical (unpaired) electrons. The van der Waals surface area contributed by atoms with Crippen molar-refractivity contribution in [3.05, 3.63) is 35.2 Å². The Morgan fingerprint density at radius 1 is 1.38 bits per heavy atom. The van der Waals surface area contributed by atoms with Crippen molar-refractivity contribution in [2.75, 3.05) is 12.3 Å². The lowest BCUT2D eigenvalue weighted by Gasteiger charge is -2.09. The number of rotatable bonds is 5. The number of aryl methyl sites for hydroxylation is 2. The summed E-state index contributed by atoms with van der Waals surface area (Å²) in [6.07, 6.45) is 0.236. The molecule has 0 atom stereocenters. The van der Waals surface area contributed by atoms with Gasteiger partial charge in [0.1, 0.15) is 10.7 Å². The molecule has 0 saturated heterocycles. The van der Waals surface area contributed by atoms with E-state index in [4.69, 9.17) is 10.3 Å². The summed E-state index contributed by atoms with van der Waals surface area (Å²) >= 11 is 0. The Hall–Kier alpha value is -2.00. The summed E-state index contributed by atoms with van der Waals surface area (Å²) in [4.78, 5) is 3.47. The third kappa shape index (κ3) is 3.56. The number of sulfonamides is 1. The van der Waals surface area contributed by atoms with Crippen molar-refractivity contribution in [3.63, 3.8) is 0 Å². The molecule has 9 heteroatoms. The number of nitrogen functional groups attached to an aromatic ring is 1. The topological polar surface area (TPSA) is 111 Å². The van der Waals surface area contributed by atoms with Crippen molar-refractivity contribution < 1.29 is 17.3 Å². The van der Waals surface area contributed by atoms with Crippen LogP contribution in [0.4, 0.5) is 10.1 Å². The molecule has 114 valence electrons. The Labute approximate surface area is 121 Å². The highest BCUT2D eigenvalue weighted by molar-refractivity contribution is 7.89. The molecule has 0 spiro atoms. The summed E-state index contributed by atoms with van der Waals surface area (Å²) in [5, 5.41) is 3.64. The fourth-order valence-corrected chi connectivity index (χ4v) is 2.99. The normalized spacial score (nSPS) is 11.8. The number of nitrogens with two attached hydrogens (primary N) is 1. The summed E-state index contributed by atoms with van der Waals surface area (Å²) in [6, 6.07) is 2.46. The van der Waals surface area contributed by atoms with E-state index in [0.717, 1.165) is 6.07 Å². The summed E-state index contributed by atoms with van der Waals surface area (Å²) in [5.74, 6) is -0.0445. The number of nitrogens with one attached hydrogen (secondary N) is 1. The number of hydrogen-bond donors (Lipinski definition) is 2. The van der Waals surface area contributed by atoms with Crippen LogP contribution in [0.15, 0.2) is 21.6 Å². The van der Waals surface area contributed by atoms with Gasteiger partial charge in [0.15, 0.2) is 5.82 Å². The number of anilines is 1. The molecule has 0 saturated carbocycles. The first-order valence-corrected chi connectivity index (χ1v) is 7.62. The molecule has 0 bridgehead atoms. The molecule has 1 aromatic carbocycles. The molecule has 1 heterocycles. The molecule has 0 amide bonds. The predicted molar refractivity (Wildman–Crippen MR) is 73.5 cm³/mol. The lowest BCUT2D eigenvalue weighted by Crippen LogP contribution is -2.27. The minimum Gasteiger partial charge on any atom is -0.399 e. The van der Waals surface area contributed by atoms with E-state index in [9.17, 15) is 12.8 Å². The van der Waals surface area contributed by atoms with Crippen LogP contribution in [0.3, 0.4) is 0 Å². The third-order valence-corrected chi connectivity index (χ3v) is 4.20. The molecule has 21 heavy (non-hydrogen) atoms. The second-order valence-corrected chi connectivity index (χ2v) is 6.26. The van der Waals surface area contributed by atoms with Crippen LogP contribution in [0.5, 0.6) is 0 Å². The fourth-order valence-electron chi connectivity index (χ4n) is 1.78. The number of nitrogens with zero attached hydrogens (tertiary/aromatic N) is 2. The van der Waals surface area contributed by atoms with Crippen molar-refractivity contribution in [3.8, 4) is 0 Å². The lowest BCUT2D eigenvalue weighted by atomic mass is 10.2. The van der Waals surface area contributed by atoms with Crippen molar-refractivity contribution in [1.29, 1.82) is 0 Å². The molecule has 0 aliphatic carbocycles. The van der Waals surface area contributed by atoms with Crippen LogP contribution in [0.25, 0.3) is 0 Å². The van der Waals surface area contributed by atoms with Gasteiger partial charge in [-0.1, -0.05) is 5.16 Å². The third-order valence-electron chi connectivity index (χ3n) is 2.74. The second-order valence-electron chi connectivity index (χ2n) is 4.53. The van der Waals surface area contributed by atoms with E-state index < -0.39 is 20.7 Å². The minimum atomic E-state index is -3.99. The van der Waals surface area contributed by atoms with Crippen LogP contribution in [0.1, 0.15) is 17.3 Å². The van der Waals surface area contributed by atoms with Gasteiger partial charge in [0.05, 0.1) is 0 Å². The molecule has 3 N–H and O–H groups in total. The van der Waals surface area contributed by atoms with Crippen LogP contribution >= 0.6 is 0 Å². The molecular formula is C12H15FN4O3S. The van der Waals surface area contributed by atoms with Crippen LogP contribution in [0, 0.1) is 19.7 Å². The molecule has 0 fully saturated rings. The van der Waals surface area contributed by atoms with Gasteiger partial charge in [-0.2, -0.15) is 4.98 Å². The van der Waals surface area contributed by atoms with Crippen molar-refractivity contribution in [2.24, 2.45) is 0 Å². The van der Waals surface area contributed by atoms with Crippen LogP contribution in [-0.4, -0.2) is 25.1 Å². The Kier molecular flexibility index (Phi) is 4.24. The highest BCUT2D eigenvalue weighted by Crippen LogP contribution is 2.21. The Morgan fingerprint density at radius 3 is 2.71 bits per heavy atom. The molecule has 2 aromatic rings. The number of benzene rings is 1. The minimum absolute atomic E-state index is 0.0224. The van der Waals surface area contributed by atoms with E-state index in [0.29, 0.717) is 11.7 Å². The van der Waals surface area contributed by atoms with Gasteiger partial charge in [-0.15, -0.1) is 0 Å². The smallest absolute Gasteiger partial charge is 0.243 e. The van der Waals surface area contributed by atoms with Gasteiger partial charge in [0.25, 0.3) is 0 Å². The van der Waals surface area contributed by atoms with Gasteiger partial charge >= 0.3 is 0 Å². The lowest BCUT2D eigenvalue weighted by molar-refractivity contribution is 0.387. The molecular weight excluding hydrogens is 299 g/mol. The Balaban J connectivity index is 2.12. The maximum absolute atomic E-state index is 13.9. The van der Waals surface area contributed by atoms with Crippen molar-refractivity contribution >= 4 is 15.7 Å². The van der Waals surface area contributed by atoms with E-state index in [1.54, 1.807) is 6.92 Å². The second kappa shape index (κ2) is 5.78. The highest BCUT2D eigenvalue weighted by atomic mass is 32.2. The first-order chi connectivity index (χ1) is 9.79. The number of hydrogen-bond acceptors (Lipinski definition) is 6. The molecule has 0 aliphatic rings. The van der Waals surface area contributed by atoms with E-state index in [1.807, 2.05) is 0 Å². The van der Waals surface area contributed by atoms with Crippen molar-refractivity contribution in [2.45, 2.75) is 25.2 Å².